The number of amides is 1. The second-order valence-electron chi connectivity index (χ2n) is 4.49. The van der Waals surface area contributed by atoms with Crippen LogP contribution in [0.3, 0.4) is 0 Å². The molecule has 102 valence electrons. The van der Waals surface area contributed by atoms with Crippen LogP contribution >= 0.6 is 15.9 Å². The van der Waals surface area contributed by atoms with E-state index in [1.165, 1.54) is 0 Å². The number of nitrogens with zero attached hydrogens (tertiary/aromatic N) is 1. The first-order valence-corrected chi connectivity index (χ1v) is 7.08. The van der Waals surface area contributed by atoms with Gasteiger partial charge in [0.2, 0.25) is 0 Å². The van der Waals surface area contributed by atoms with Crippen molar-refractivity contribution in [3.8, 4) is 0 Å². The fourth-order valence-corrected chi connectivity index (χ4v) is 2.47. The Kier molecular flexibility index (Phi) is 4.47. The monoisotopic (exact) mass is 324 g/mol. The summed E-state index contributed by atoms with van der Waals surface area (Å²) in [5.41, 5.74) is 0.667. The number of hydrogen-bond acceptors (Lipinski definition) is 2. The number of aryl methyl sites for hydroxylation is 1. The van der Waals surface area contributed by atoms with E-state index in [1.807, 2.05) is 42.8 Å². The van der Waals surface area contributed by atoms with Crippen LogP contribution < -0.4 is 5.32 Å². The van der Waals surface area contributed by atoms with Crippen molar-refractivity contribution in [1.82, 2.24) is 9.88 Å². The summed E-state index contributed by atoms with van der Waals surface area (Å²) < 4.78 is 8.11. The Labute approximate surface area is 120 Å². The maximum Gasteiger partial charge on any atom is 0.268 e. The summed E-state index contributed by atoms with van der Waals surface area (Å²) >= 11 is 3.39. The lowest BCUT2D eigenvalue weighted by molar-refractivity contribution is 0.0930. The molecule has 0 aliphatic carbocycles. The van der Waals surface area contributed by atoms with Crippen LogP contribution in [0, 0.1) is 0 Å². The molecule has 0 fully saturated rings. The molecule has 0 spiro atoms. The Hall–Kier alpha value is -1.49. The molecule has 2 rings (SSSR count). The number of halogens is 1. The fourth-order valence-electron chi connectivity index (χ4n) is 2.01. The molecule has 1 unspecified atom stereocenters. The second-order valence-corrected chi connectivity index (χ2v) is 5.40. The molecular weight excluding hydrogens is 308 g/mol. The molecule has 19 heavy (non-hydrogen) atoms. The summed E-state index contributed by atoms with van der Waals surface area (Å²) in [5, 5.41) is 2.98. The van der Waals surface area contributed by atoms with E-state index in [2.05, 4.69) is 21.2 Å². The zero-order valence-corrected chi connectivity index (χ0v) is 12.6. The average Bonchev–Trinajstić information content (AvgIpc) is 2.97. The van der Waals surface area contributed by atoms with Gasteiger partial charge in [0.1, 0.15) is 11.5 Å². The van der Waals surface area contributed by atoms with Gasteiger partial charge in [-0.05, 0) is 48.0 Å². The number of hydrogen-bond donors (Lipinski definition) is 1. The van der Waals surface area contributed by atoms with Gasteiger partial charge in [0.15, 0.2) is 0 Å². The number of aromatic nitrogens is 1. The highest BCUT2D eigenvalue weighted by molar-refractivity contribution is 9.10. The normalized spacial score (nSPS) is 12.4. The standard InChI is InChI=1S/C14H17BrN2O2/c1-3-17-9-11(15)8-13(17)14(18)16-10(2)7-12-5-4-6-19-12/h4-6,8-10H,3,7H2,1-2H3,(H,16,18). The number of furan rings is 1. The Morgan fingerprint density at radius 1 is 1.58 bits per heavy atom. The maximum absolute atomic E-state index is 12.2. The van der Waals surface area contributed by atoms with Gasteiger partial charge in [0.05, 0.1) is 6.26 Å². The van der Waals surface area contributed by atoms with Crippen LogP contribution in [0.2, 0.25) is 0 Å². The van der Waals surface area contributed by atoms with Crippen molar-refractivity contribution in [1.29, 1.82) is 0 Å². The lowest BCUT2D eigenvalue weighted by Gasteiger charge is -2.13. The highest BCUT2D eigenvalue weighted by Gasteiger charge is 2.15. The van der Waals surface area contributed by atoms with Gasteiger partial charge in [-0.1, -0.05) is 0 Å². The lowest BCUT2D eigenvalue weighted by atomic mass is 10.2. The highest BCUT2D eigenvalue weighted by Crippen LogP contribution is 2.15. The summed E-state index contributed by atoms with van der Waals surface area (Å²) in [6.07, 6.45) is 4.24. The van der Waals surface area contributed by atoms with Crippen molar-refractivity contribution in [2.75, 3.05) is 0 Å². The largest absolute Gasteiger partial charge is 0.469 e. The van der Waals surface area contributed by atoms with E-state index in [1.54, 1.807) is 6.26 Å². The van der Waals surface area contributed by atoms with Crippen molar-refractivity contribution < 1.29 is 9.21 Å². The molecule has 1 N–H and O–H groups in total. The maximum atomic E-state index is 12.2. The van der Waals surface area contributed by atoms with E-state index in [9.17, 15) is 4.79 Å². The van der Waals surface area contributed by atoms with Gasteiger partial charge < -0.3 is 14.3 Å². The van der Waals surface area contributed by atoms with E-state index >= 15 is 0 Å². The van der Waals surface area contributed by atoms with Gasteiger partial charge in [-0.3, -0.25) is 4.79 Å². The topological polar surface area (TPSA) is 47.2 Å². The molecule has 5 heteroatoms. The van der Waals surface area contributed by atoms with Gasteiger partial charge in [0.25, 0.3) is 5.91 Å². The van der Waals surface area contributed by atoms with E-state index in [4.69, 9.17) is 4.42 Å². The predicted molar refractivity (Wildman–Crippen MR) is 77.1 cm³/mol. The number of nitrogens with one attached hydrogen (secondary N) is 1. The van der Waals surface area contributed by atoms with Crippen LogP contribution in [-0.4, -0.2) is 16.5 Å². The fraction of sp³-hybridized carbons (Fsp3) is 0.357. The van der Waals surface area contributed by atoms with Crippen molar-refractivity contribution in [2.24, 2.45) is 0 Å². The van der Waals surface area contributed by atoms with E-state index in [0.717, 1.165) is 16.8 Å². The molecule has 1 amide bonds. The number of rotatable bonds is 5. The van der Waals surface area contributed by atoms with Gasteiger partial charge in [-0.2, -0.15) is 0 Å². The van der Waals surface area contributed by atoms with Crippen LogP contribution in [-0.2, 0) is 13.0 Å². The highest BCUT2D eigenvalue weighted by atomic mass is 79.9. The molecule has 0 aromatic carbocycles. The molecule has 0 saturated heterocycles. The van der Waals surface area contributed by atoms with Gasteiger partial charge >= 0.3 is 0 Å². The van der Waals surface area contributed by atoms with Crippen LogP contribution in [0.25, 0.3) is 0 Å². The SMILES string of the molecule is CCn1cc(Br)cc1C(=O)NC(C)Cc1ccco1. The number of carbonyl (C=O) groups excluding carboxylic acids is 1. The zero-order chi connectivity index (χ0) is 13.8. The second kappa shape index (κ2) is 6.10. The molecule has 2 heterocycles. The van der Waals surface area contributed by atoms with Crippen molar-refractivity contribution >= 4 is 21.8 Å². The van der Waals surface area contributed by atoms with Crippen LogP contribution in [0.15, 0.2) is 39.5 Å². The van der Waals surface area contributed by atoms with Crippen LogP contribution in [0.5, 0.6) is 0 Å². The molecule has 2 aromatic heterocycles. The molecule has 0 saturated carbocycles. The third-order valence-corrected chi connectivity index (χ3v) is 3.34. The Bertz CT molecular complexity index is 546. The Balaban J connectivity index is 2.00. The first-order valence-electron chi connectivity index (χ1n) is 6.29. The minimum absolute atomic E-state index is 0.0256. The van der Waals surface area contributed by atoms with Gasteiger partial charge in [-0.25, -0.2) is 0 Å². The third-order valence-electron chi connectivity index (χ3n) is 2.90. The van der Waals surface area contributed by atoms with Crippen LogP contribution in [0.4, 0.5) is 0 Å². The van der Waals surface area contributed by atoms with Crippen molar-refractivity contribution in [2.45, 2.75) is 32.9 Å². The summed E-state index contributed by atoms with van der Waals surface area (Å²) in [6, 6.07) is 5.62. The molecule has 0 radical (unpaired) electrons. The molecule has 0 bridgehead atoms. The van der Waals surface area contributed by atoms with Gasteiger partial charge in [0, 0.05) is 29.7 Å². The van der Waals surface area contributed by atoms with Crippen molar-refractivity contribution in [3.05, 3.63) is 46.6 Å². The molecule has 0 aliphatic rings. The quantitative estimate of drug-likeness (QED) is 0.917. The van der Waals surface area contributed by atoms with E-state index in [-0.39, 0.29) is 11.9 Å². The summed E-state index contributed by atoms with van der Waals surface area (Å²) in [6.45, 7) is 4.74. The van der Waals surface area contributed by atoms with E-state index in [0.29, 0.717) is 12.1 Å². The average molecular weight is 325 g/mol. The zero-order valence-electron chi connectivity index (χ0n) is 11.0. The first-order chi connectivity index (χ1) is 9.10. The summed E-state index contributed by atoms with van der Waals surface area (Å²) in [4.78, 5) is 12.2. The Morgan fingerprint density at radius 3 is 3.00 bits per heavy atom. The minimum atomic E-state index is -0.0633. The smallest absolute Gasteiger partial charge is 0.268 e. The summed E-state index contributed by atoms with van der Waals surface area (Å²) in [5.74, 6) is 0.812. The van der Waals surface area contributed by atoms with Gasteiger partial charge in [-0.15, -0.1) is 0 Å². The molecule has 4 nitrogen and oxygen atoms in total. The molecule has 2 aromatic rings. The van der Waals surface area contributed by atoms with Crippen LogP contribution in [0.1, 0.15) is 30.1 Å². The lowest BCUT2D eigenvalue weighted by Crippen LogP contribution is -2.35. The van der Waals surface area contributed by atoms with E-state index < -0.39 is 0 Å². The molecule has 0 aliphatic heterocycles. The molecule has 1 atom stereocenters. The minimum Gasteiger partial charge on any atom is -0.469 e. The molecular formula is C14H17BrN2O2. The predicted octanol–water partition coefficient (Wildman–Crippen LogP) is 3.22. The Morgan fingerprint density at radius 2 is 2.37 bits per heavy atom. The van der Waals surface area contributed by atoms with Crippen molar-refractivity contribution in [3.63, 3.8) is 0 Å². The third kappa shape index (κ3) is 3.50. The first kappa shape index (κ1) is 13.9. The summed E-state index contributed by atoms with van der Waals surface area (Å²) in [7, 11) is 0. The number of carbonyl (C=O) groups is 1.